The molecule has 4 rings (SSSR count). The van der Waals surface area contributed by atoms with Crippen molar-refractivity contribution < 1.29 is 38.1 Å². The fourth-order valence-electron chi connectivity index (χ4n) is 4.31. The predicted molar refractivity (Wildman–Crippen MR) is 151 cm³/mol. The highest BCUT2D eigenvalue weighted by molar-refractivity contribution is 5.99. The summed E-state index contributed by atoms with van der Waals surface area (Å²) in [5.41, 5.74) is 2.45. The number of methoxy groups -OCH3 is 2. The molecule has 0 heterocycles. The van der Waals surface area contributed by atoms with Crippen LogP contribution in [-0.2, 0) is 14.9 Å². The van der Waals surface area contributed by atoms with Crippen LogP contribution in [0, 0.1) is 0 Å². The van der Waals surface area contributed by atoms with Crippen molar-refractivity contribution in [2.45, 2.75) is 19.3 Å². The van der Waals surface area contributed by atoms with E-state index in [1.807, 2.05) is 48.5 Å². The highest BCUT2D eigenvalue weighted by Gasteiger charge is 2.23. The summed E-state index contributed by atoms with van der Waals surface area (Å²) in [5.74, 6) is 0.801. The molecule has 208 valence electrons. The minimum absolute atomic E-state index is 0.172. The van der Waals surface area contributed by atoms with Crippen LogP contribution in [0.1, 0.15) is 66.4 Å². The number of hydrogen-bond acceptors (Lipinski definition) is 8. The number of rotatable bonds is 10. The molecule has 0 aromatic heterocycles. The standard InChI is InChI=1S/C33H28O8/c1-33(2,23-5-9-25(10-6-23)40-27-13-15-29(31(36)38-3)21(17-27)19-34)24-7-11-26(12-8-24)41-28-14-16-30(32(37)39-4)22(18-28)20-35/h5-20H,1-4H3. The van der Waals surface area contributed by atoms with E-state index in [-0.39, 0.29) is 27.7 Å². The molecule has 8 nitrogen and oxygen atoms in total. The van der Waals surface area contributed by atoms with Gasteiger partial charge in [-0.1, -0.05) is 38.1 Å². The molecule has 0 saturated heterocycles. The van der Waals surface area contributed by atoms with E-state index in [2.05, 4.69) is 13.8 Å². The van der Waals surface area contributed by atoms with Crippen molar-refractivity contribution in [2.24, 2.45) is 0 Å². The fourth-order valence-corrected chi connectivity index (χ4v) is 4.31. The topological polar surface area (TPSA) is 105 Å². The lowest BCUT2D eigenvalue weighted by molar-refractivity contribution is 0.0590. The summed E-state index contributed by atoms with van der Waals surface area (Å²) in [7, 11) is 2.51. The average Bonchev–Trinajstić information content (AvgIpc) is 3.00. The molecule has 41 heavy (non-hydrogen) atoms. The predicted octanol–water partition coefficient (Wildman–Crippen LogP) is 6.80. The Morgan fingerprint density at radius 2 is 0.902 bits per heavy atom. The molecular weight excluding hydrogens is 524 g/mol. The molecule has 0 spiro atoms. The normalized spacial score (nSPS) is 10.8. The van der Waals surface area contributed by atoms with Crippen molar-refractivity contribution in [1.82, 2.24) is 0 Å². The highest BCUT2D eigenvalue weighted by atomic mass is 16.5. The lowest BCUT2D eigenvalue weighted by Crippen LogP contribution is -2.18. The Bertz CT molecular complexity index is 1470. The second kappa shape index (κ2) is 12.3. The molecule has 0 aliphatic rings. The van der Waals surface area contributed by atoms with Gasteiger partial charge in [-0.25, -0.2) is 9.59 Å². The molecule has 0 N–H and O–H groups in total. The van der Waals surface area contributed by atoms with Crippen molar-refractivity contribution in [3.63, 3.8) is 0 Å². The van der Waals surface area contributed by atoms with Crippen molar-refractivity contribution in [2.75, 3.05) is 14.2 Å². The third-order valence-electron chi connectivity index (χ3n) is 6.73. The first-order chi connectivity index (χ1) is 19.7. The molecule has 4 aromatic rings. The van der Waals surface area contributed by atoms with E-state index in [1.165, 1.54) is 38.5 Å². The summed E-state index contributed by atoms with van der Waals surface area (Å²) in [6, 6.07) is 24.4. The summed E-state index contributed by atoms with van der Waals surface area (Å²) in [4.78, 5) is 46.5. The van der Waals surface area contributed by atoms with Gasteiger partial charge in [0.25, 0.3) is 0 Å². The van der Waals surface area contributed by atoms with Crippen LogP contribution in [0.5, 0.6) is 23.0 Å². The molecule has 0 bridgehead atoms. The number of benzene rings is 4. The van der Waals surface area contributed by atoms with Gasteiger partial charge >= 0.3 is 11.9 Å². The minimum Gasteiger partial charge on any atom is -0.465 e. The number of hydrogen-bond donors (Lipinski definition) is 0. The van der Waals surface area contributed by atoms with Crippen LogP contribution in [0.25, 0.3) is 0 Å². The van der Waals surface area contributed by atoms with Gasteiger partial charge in [0.05, 0.1) is 25.3 Å². The zero-order valence-electron chi connectivity index (χ0n) is 23.0. The first-order valence-electron chi connectivity index (χ1n) is 12.6. The quantitative estimate of drug-likeness (QED) is 0.156. The largest absolute Gasteiger partial charge is 0.465 e. The Morgan fingerprint density at radius 3 is 1.22 bits per heavy atom. The van der Waals surface area contributed by atoms with Gasteiger partial charge in [-0.05, 0) is 71.8 Å². The van der Waals surface area contributed by atoms with Gasteiger partial charge in [0, 0.05) is 16.5 Å². The SMILES string of the molecule is COC(=O)c1ccc(Oc2ccc(C(C)(C)c3ccc(Oc4ccc(C(=O)OC)c(C=O)c4)cc3)cc2)cc1C=O. The van der Waals surface area contributed by atoms with Gasteiger partial charge in [0.1, 0.15) is 23.0 Å². The summed E-state index contributed by atoms with van der Waals surface area (Å²) >= 11 is 0. The summed E-state index contributed by atoms with van der Waals surface area (Å²) < 4.78 is 21.2. The lowest BCUT2D eigenvalue weighted by atomic mass is 9.78. The highest BCUT2D eigenvalue weighted by Crippen LogP contribution is 2.35. The molecule has 0 unspecified atom stereocenters. The van der Waals surface area contributed by atoms with Crippen molar-refractivity contribution in [3.8, 4) is 23.0 Å². The maximum atomic E-state index is 11.8. The number of esters is 2. The van der Waals surface area contributed by atoms with Crippen molar-refractivity contribution >= 4 is 24.5 Å². The molecule has 0 aliphatic carbocycles. The summed E-state index contributed by atoms with van der Waals surface area (Å²) in [6.45, 7) is 4.20. The first kappa shape index (κ1) is 28.8. The van der Waals surface area contributed by atoms with Crippen LogP contribution >= 0.6 is 0 Å². The van der Waals surface area contributed by atoms with Crippen LogP contribution in [-0.4, -0.2) is 38.7 Å². The van der Waals surface area contributed by atoms with Gasteiger partial charge in [-0.2, -0.15) is 0 Å². The number of carbonyl (C=O) groups is 4. The van der Waals surface area contributed by atoms with Crippen LogP contribution < -0.4 is 9.47 Å². The van der Waals surface area contributed by atoms with Gasteiger partial charge < -0.3 is 18.9 Å². The van der Waals surface area contributed by atoms with E-state index < -0.39 is 11.9 Å². The summed E-state index contributed by atoms with van der Waals surface area (Å²) in [5, 5.41) is 0. The number of ether oxygens (including phenoxy) is 4. The van der Waals surface area contributed by atoms with E-state index >= 15 is 0 Å². The molecular formula is C33H28O8. The molecule has 0 atom stereocenters. The van der Waals surface area contributed by atoms with E-state index in [0.29, 0.717) is 35.6 Å². The van der Waals surface area contributed by atoms with Crippen LogP contribution in [0.4, 0.5) is 0 Å². The lowest BCUT2D eigenvalue weighted by Gasteiger charge is -2.26. The van der Waals surface area contributed by atoms with E-state index in [4.69, 9.17) is 18.9 Å². The third-order valence-corrected chi connectivity index (χ3v) is 6.73. The van der Waals surface area contributed by atoms with Gasteiger partial charge in [0.2, 0.25) is 0 Å². The molecule has 4 aromatic carbocycles. The Hall–Kier alpha value is -5.24. The van der Waals surface area contributed by atoms with E-state index in [1.54, 1.807) is 12.1 Å². The van der Waals surface area contributed by atoms with Gasteiger partial charge in [0.15, 0.2) is 12.6 Å². The van der Waals surface area contributed by atoms with Crippen molar-refractivity contribution in [1.29, 1.82) is 0 Å². The van der Waals surface area contributed by atoms with Crippen molar-refractivity contribution in [3.05, 3.63) is 118 Å². The third kappa shape index (κ3) is 6.33. The Balaban J connectivity index is 1.47. The van der Waals surface area contributed by atoms with E-state index in [0.717, 1.165) is 11.1 Å². The summed E-state index contributed by atoms with van der Waals surface area (Å²) in [6.07, 6.45) is 1.18. The molecule has 0 aliphatic heterocycles. The Morgan fingerprint density at radius 1 is 0.561 bits per heavy atom. The number of aldehydes is 2. The molecule has 0 radical (unpaired) electrons. The average molecular weight is 553 g/mol. The van der Waals surface area contributed by atoms with E-state index in [9.17, 15) is 19.2 Å². The monoisotopic (exact) mass is 552 g/mol. The zero-order valence-corrected chi connectivity index (χ0v) is 23.0. The molecule has 0 fully saturated rings. The Kier molecular flexibility index (Phi) is 8.63. The first-order valence-corrected chi connectivity index (χ1v) is 12.6. The van der Waals surface area contributed by atoms with Crippen LogP contribution in [0.15, 0.2) is 84.9 Å². The molecule has 8 heteroatoms. The molecule has 0 saturated carbocycles. The van der Waals surface area contributed by atoms with Gasteiger partial charge in [-0.15, -0.1) is 0 Å². The van der Waals surface area contributed by atoms with Crippen LogP contribution in [0.3, 0.4) is 0 Å². The Labute approximate surface area is 237 Å². The fraction of sp³-hybridized carbons (Fsp3) is 0.152. The van der Waals surface area contributed by atoms with Gasteiger partial charge in [-0.3, -0.25) is 9.59 Å². The van der Waals surface area contributed by atoms with Crippen LogP contribution in [0.2, 0.25) is 0 Å². The number of carbonyl (C=O) groups excluding carboxylic acids is 4. The maximum absolute atomic E-state index is 11.8. The second-order valence-corrected chi connectivity index (χ2v) is 9.59. The zero-order chi connectivity index (χ0) is 29.6. The second-order valence-electron chi connectivity index (χ2n) is 9.59. The maximum Gasteiger partial charge on any atom is 0.338 e. The smallest absolute Gasteiger partial charge is 0.338 e. The minimum atomic E-state index is -0.592. The molecule has 0 amide bonds.